The van der Waals surface area contributed by atoms with E-state index in [0.717, 1.165) is 24.8 Å². The summed E-state index contributed by atoms with van der Waals surface area (Å²) in [6.07, 6.45) is 5.24. The third kappa shape index (κ3) is 8.25. The van der Waals surface area contributed by atoms with Gasteiger partial charge in [0, 0.05) is 10.8 Å². The molecular formula is C18H34O2S. The topological polar surface area (TPSA) is 40.5 Å². The lowest BCUT2D eigenvalue weighted by atomic mass is 9.88. The summed E-state index contributed by atoms with van der Waals surface area (Å²) in [5, 5.41) is 19.1. The highest BCUT2D eigenvalue weighted by atomic mass is 32.2. The molecule has 2 nitrogen and oxygen atoms in total. The summed E-state index contributed by atoms with van der Waals surface area (Å²) < 4.78 is 0.271. The molecule has 124 valence electrons. The first-order valence-electron chi connectivity index (χ1n) is 7.44. The lowest BCUT2D eigenvalue weighted by Crippen LogP contribution is -2.20. The van der Waals surface area contributed by atoms with E-state index in [-0.39, 0.29) is 23.7 Å². The van der Waals surface area contributed by atoms with Crippen molar-refractivity contribution in [2.45, 2.75) is 66.1 Å². The Balaban J connectivity index is 0. The van der Waals surface area contributed by atoms with E-state index in [0.29, 0.717) is 5.92 Å². The quantitative estimate of drug-likeness (QED) is 0.691. The van der Waals surface area contributed by atoms with E-state index in [4.69, 9.17) is 0 Å². The van der Waals surface area contributed by atoms with Crippen LogP contribution in [0.15, 0.2) is 18.2 Å². The second-order valence-electron chi connectivity index (χ2n) is 5.46. The first-order valence-corrected chi connectivity index (χ1v) is 8.66. The largest absolute Gasteiger partial charge is 0.508 e. The van der Waals surface area contributed by atoms with Crippen molar-refractivity contribution < 1.29 is 10.2 Å². The van der Waals surface area contributed by atoms with Crippen LogP contribution in [0.25, 0.3) is 0 Å². The Labute approximate surface area is 136 Å². The van der Waals surface area contributed by atoms with Gasteiger partial charge in [0.15, 0.2) is 0 Å². The third-order valence-electron chi connectivity index (χ3n) is 3.49. The van der Waals surface area contributed by atoms with Crippen LogP contribution in [0.4, 0.5) is 0 Å². The molecule has 0 spiro atoms. The summed E-state index contributed by atoms with van der Waals surface area (Å²) in [5.41, 5.74) is 0.927. The fraction of sp³-hybridized carbons (Fsp3) is 0.667. The van der Waals surface area contributed by atoms with Gasteiger partial charge < -0.3 is 10.2 Å². The molecule has 0 saturated heterocycles. The van der Waals surface area contributed by atoms with Crippen LogP contribution >= 0.6 is 11.8 Å². The number of rotatable bonds is 6. The van der Waals surface area contributed by atoms with Crippen LogP contribution in [0.1, 0.15) is 60.5 Å². The molecule has 0 heterocycles. The summed E-state index contributed by atoms with van der Waals surface area (Å²) in [5.74, 6) is 0.882. The Kier molecular flexibility index (Phi) is 11.6. The van der Waals surface area contributed by atoms with Gasteiger partial charge in [-0.15, -0.1) is 0 Å². The van der Waals surface area contributed by atoms with E-state index in [1.807, 2.05) is 31.7 Å². The Morgan fingerprint density at radius 1 is 1.19 bits per heavy atom. The predicted molar refractivity (Wildman–Crippen MR) is 97.5 cm³/mol. The number of hydrogen-bond acceptors (Lipinski definition) is 3. The highest BCUT2D eigenvalue weighted by Gasteiger charge is 2.22. The van der Waals surface area contributed by atoms with Gasteiger partial charge >= 0.3 is 0 Å². The molecule has 0 amide bonds. The molecule has 0 aliphatic heterocycles. The van der Waals surface area contributed by atoms with Crippen LogP contribution in [0.3, 0.4) is 0 Å². The number of hydrogen-bond donors (Lipinski definition) is 2. The van der Waals surface area contributed by atoms with Crippen molar-refractivity contribution in [1.82, 2.24) is 0 Å². The summed E-state index contributed by atoms with van der Waals surface area (Å²) in [6.45, 7) is 10.7. The molecule has 1 aromatic carbocycles. The van der Waals surface area contributed by atoms with E-state index < -0.39 is 0 Å². The van der Waals surface area contributed by atoms with Crippen molar-refractivity contribution >= 4 is 11.8 Å². The monoisotopic (exact) mass is 314 g/mol. The van der Waals surface area contributed by atoms with Gasteiger partial charge in [-0.1, -0.05) is 54.5 Å². The van der Waals surface area contributed by atoms with Gasteiger partial charge in [-0.05, 0) is 36.6 Å². The van der Waals surface area contributed by atoms with Gasteiger partial charge in [-0.3, -0.25) is 0 Å². The molecule has 1 aromatic rings. The van der Waals surface area contributed by atoms with Crippen LogP contribution in [0.2, 0.25) is 0 Å². The van der Waals surface area contributed by atoms with Crippen LogP contribution in [-0.4, -0.2) is 21.2 Å². The summed E-state index contributed by atoms with van der Waals surface area (Å²) in [6, 6.07) is 4.88. The highest BCUT2D eigenvalue weighted by Crippen LogP contribution is 2.34. The van der Waals surface area contributed by atoms with Crippen LogP contribution in [0, 0.1) is 5.92 Å². The first-order chi connectivity index (χ1) is 9.38. The number of phenolic OH excluding ortho intramolecular Hbond substituents is 2. The predicted octanol–water partition coefficient (Wildman–Crippen LogP) is 5.86. The molecule has 0 radical (unpaired) electrons. The molecule has 0 aromatic heterocycles. The van der Waals surface area contributed by atoms with Crippen LogP contribution in [-0.2, 0) is 6.42 Å². The summed E-state index contributed by atoms with van der Waals surface area (Å²) in [7, 11) is 0. The Morgan fingerprint density at radius 3 is 2.19 bits per heavy atom. The minimum atomic E-state index is 0. The standard InChI is InChI=1S/C15H24O2S.C2H6.CH4/c1-5-11(10-15(2,3)18-4)8-12-6-7-13(16)9-14(12)17;1-2;/h6-7,9,11,16-17H,5,8,10H2,1-4H3;1-2H3;1H4. The van der Waals surface area contributed by atoms with E-state index in [2.05, 4.69) is 27.0 Å². The Hall–Kier alpha value is -0.830. The van der Waals surface area contributed by atoms with Crippen LogP contribution in [0.5, 0.6) is 11.5 Å². The zero-order valence-electron chi connectivity index (χ0n) is 13.7. The third-order valence-corrected chi connectivity index (χ3v) is 4.76. The molecule has 2 N–H and O–H groups in total. The molecule has 0 saturated carbocycles. The maximum absolute atomic E-state index is 9.83. The van der Waals surface area contributed by atoms with Crippen molar-refractivity contribution in [3.05, 3.63) is 23.8 Å². The number of phenols is 2. The SMILES string of the molecule is C.CC.CCC(Cc1ccc(O)cc1O)CC(C)(C)SC. The molecule has 3 heteroatoms. The van der Waals surface area contributed by atoms with Gasteiger partial charge in [-0.2, -0.15) is 11.8 Å². The fourth-order valence-electron chi connectivity index (χ4n) is 2.18. The van der Waals surface area contributed by atoms with E-state index in [9.17, 15) is 10.2 Å². The normalized spacial score (nSPS) is 11.9. The van der Waals surface area contributed by atoms with Gasteiger partial charge in [-0.25, -0.2) is 0 Å². The molecule has 1 rings (SSSR count). The zero-order valence-corrected chi connectivity index (χ0v) is 14.5. The molecular weight excluding hydrogens is 280 g/mol. The lowest BCUT2D eigenvalue weighted by Gasteiger charge is -2.27. The molecule has 1 unspecified atom stereocenters. The maximum atomic E-state index is 9.83. The highest BCUT2D eigenvalue weighted by molar-refractivity contribution is 7.99. The number of benzene rings is 1. The minimum absolute atomic E-state index is 0. The maximum Gasteiger partial charge on any atom is 0.122 e. The van der Waals surface area contributed by atoms with Crippen molar-refractivity contribution in [1.29, 1.82) is 0 Å². The second-order valence-corrected chi connectivity index (χ2v) is 6.97. The van der Waals surface area contributed by atoms with Gasteiger partial charge in [0.05, 0.1) is 0 Å². The summed E-state index contributed by atoms with van der Waals surface area (Å²) in [4.78, 5) is 0. The van der Waals surface area contributed by atoms with Gasteiger partial charge in [0.1, 0.15) is 11.5 Å². The zero-order chi connectivity index (χ0) is 15.8. The van der Waals surface area contributed by atoms with E-state index in [1.54, 1.807) is 6.07 Å². The molecule has 0 aliphatic carbocycles. The Morgan fingerprint density at radius 2 is 1.76 bits per heavy atom. The fourth-order valence-corrected chi connectivity index (χ4v) is 2.58. The average Bonchev–Trinajstić information content (AvgIpc) is 2.43. The van der Waals surface area contributed by atoms with Gasteiger partial charge in [0.25, 0.3) is 0 Å². The molecule has 0 fully saturated rings. The molecule has 0 bridgehead atoms. The number of thioether (sulfide) groups is 1. The molecule has 0 aliphatic rings. The van der Waals surface area contributed by atoms with E-state index >= 15 is 0 Å². The minimum Gasteiger partial charge on any atom is -0.508 e. The second kappa shape index (κ2) is 10.8. The lowest BCUT2D eigenvalue weighted by molar-refractivity contribution is 0.403. The van der Waals surface area contributed by atoms with Crippen molar-refractivity contribution in [2.75, 3.05) is 6.26 Å². The summed E-state index contributed by atoms with van der Waals surface area (Å²) >= 11 is 1.89. The van der Waals surface area contributed by atoms with E-state index in [1.165, 1.54) is 6.07 Å². The smallest absolute Gasteiger partial charge is 0.122 e. The Bertz CT molecular complexity index is 389. The van der Waals surface area contributed by atoms with Crippen molar-refractivity contribution in [2.24, 2.45) is 5.92 Å². The van der Waals surface area contributed by atoms with Crippen molar-refractivity contribution in [3.63, 3.8) is 0 Å². The number of aromatic hydroxyl groups is 2. The van der Waals surface area contributed by atoms with Crippen molar-refractivity contribution in [3.8, 4) is 11.5 Å². The molecule has 1 atom stereocenters. The first kappa shape index (κ1) is 22.5. The molecule has 21 heavy (non-hydrogen) atoms. The van der Waals surface area contributed by atoms with Gasteiger partial charge in [0.2, 0.25) is 0 Å². The van der Waals surface area contributed by atoms with Crippen LogP contribution < -0.4 is 0 Å². The average molecular weight is 315 g/mol.